The minimum atomic E-state index is -0.152. The molecule has 2 aromatic heterocycles. The number of hydrogen-bond donors (Lipinski definition) is 1. The van der Waals surface area contributed by atoms with E-state index >= 15 is 0 Å². The molecule has 24 heavy (non-hydrogen) atoms. The van der Waals surface area contributed by atoms with Crippen molar-refractivity contribution in [2.45, 2.75) is 39.8 Å². The van der Waals surface area contributed by atoms with Crippen molar-refractivity contribution in [3.05, 3.63) is 48.2 Å². The normalized spacial score (nSPS) is 12.7. The predicted octanol–water partition coefficient (Wildman–Crippen LogP) is 3.24. The molecule has 1 N–H and O–H groups in total. The molecule has 6 heteroatoms. The number of aromatic nitrogens is 3. The van der Waals surface area contributed by atoms with Crippen LogP contribution in [0, 0.1) is 12.8 Å². The predicted molar refractivity (Wildman–Crippen MR) is 91.3 cm³/mol. The topological polar surface area (TPSA) is 73.0 Å². The summed E-state index contributed by atoms with van der Waals surface area (Å²) in [5.74, 6) is 1.03. The first-order valence-electron chi connectivity index (χ1n) is 8.16. The van der Waals surface area contributed by atoms with E-state index in [1.165, 1.54) is 6.33 Å². The number of nitrogens with one attached hydrogen (secondary N) is 1. The molecule has 1 aromatic carbocycles. The summed E-state index contributed by atoms with van der Waals surface area (Å²) < 4.78 is 7.68. The van der Waals surface area contributed by atoms with Crippen LogP contribution in [0.5, 0.6) is 0 Å². The number of fused-ring (bicyclic) bond motifs is 1. The first-order valence-corrected chi connectivity index (χ1v) is 8.16. The Morgan fingerprint density at radius 1 is 1.33 bits per heavy atom. The van der Waals surface area contributed by atoms with E-state index in [-0.39, 0.29) is 17.9 Å². The number of benzene rings is 1. The molecular weight excluding hydrogens is 304 g/mol. The SMILES string of the molecule is Cc1c([C@H](NC(=O)CCn2cncn2)C(C)C)oc2ccccc12. The van der Waals surface area contributed by atoms with Crippen molar-refractivity contribution < 1.29 is 9.21 Å². The zero-order valence-corrected chi connectivity index (χ0v) is 14.2. The van der Waals surface area contributed by atoms with E-state index in [1.54, 1.807) is 11.0 Å². The highest BCUT2D eigenvalue weighted by atomic mass is 16.3. The maximum atomic E-state index is 12.3. The first kappa shape index (κ1) is 16.2. The lowest BCUT2D eigenvalue weighted by Crippen LogP contribution is -2.32. The van der Waals surface area contributed by atoms with Gasteiger partial charge in [-0.05, 0) is 18.9 Å². The van der Waals surface area contributed by atoms with Crippen molar-refractivity contribution in [2.75, 3.05) is 0 Å². The highest BCUT2D eigenvalue weighted by molar-refractivity contribution is 5.82. The number of para-hydroxylation sites is 1. The lowest BCUT2D eigenvalue weighted by molar-refractivity contribution is -0.122. The number of aryl methyl sites for hydroxylation is 2. The van der Waals surface area contributed by atoms with E-state index in [1.807, 2.05) is 31.2 Å². The van der Waals surface area contributed by atoms with Crippen LogP contribution in [-0.2, 0) is 11.3 Å². The Hall–Kier alpha value is -2.63. The van der Waals surface area contributed by atoms with Crippen LogP contribution in [0.15, 0.2) is 41.3 Å². The molecule has 0 unspecified atom stereocenters. The van der Waals surface area contributed by atoms with Crippen molar-refractivity contribution in [3.8, 4) is 0 Å². The second kappa shape index (κ2) is 6.86. The van der Waals surface area contributed by atoms with Crippen LogP contribution in [0.3, 0.4) is 0 Å². The summed E-state index contributed by atoms with van der Waals surface area (Å²) in [5.41, 5.74) is 1.94. The maximum absolute atomic E-state index is 12.3. The largest absolute Gasteiger partial charge is 0.459 e. The third-order valence-corrected chi connectivity index (χ3v) is 4.18. The molecule has 0 aliphatic rings. The van der Waals surface area contributed by atoms with E-state index in [9.17, 15) is 4.79 Å². The summed E-state index contributed by atoms with van der Waals surface area (Å²) in [6.45, 7) is 6.71. The quantitative estimate of drug-likeness (QED) is 0.755. The summed E-state index contributed by atoms with van der Waals surface area (Å²) in [6, 6.07) is 7.80. The van der Waals surface area contributed by atoms with Gasteiger partial charge in [-0.3, -0.25) is 9.48 Å². The number of carbonyl (C=O) groups is 1. The van der Waals surface area contributed by atoms with Crippen LogP contribution in [0.25, 0.3) is 11.0 Å². The molecule has 0 fully saturated rings. The number of hydrogen-bond acceptors (Lipinski definition) is 4. The zero-order chi connectivity index (χ0) is 17.1. The van der Waals surface area contributed by atoms with Crippen molar-refractivity contribution in [2.24, 2.45) is 5.92 Å². The van der Waals surface area contributed by atoms with Crippen LogP contribution in [0.4, 0.5) is 0 Å². The van der Waals surface area contributed by atoms with Gasteiger partial charge >= 0.3 is 0 Å². The van der Waals surface area contributed by atoms with E-state index < -0.39 is 0 Å². The second-order valence-corrected chi connectivity index (χ2v) is 6.29. The van der Waals surface area contributed by atoms with Gasteiger partial charge in [-0.1, -0.05) is 32.0 Å². The lowest BCUT2D eigenvalue weighted by atomic mass is 9.98. The van der Waals surface area contributed by atoms with Crippen LogP contribution in [-0.4, -0.2) is 20.7 Å². The van der Waals surface area contributed by atoms with Gasteiger partial charge in [0.2, 0.25) is 5.91 Å². The monoisotopic (exact) mass is 326 g/mol. The van der Waals surface area contributed by atoms with Gasteiger partial charge in [0, 0.05) is 17.4 Å². The Morgan fingerprint density at radius 2 is 2.12 bits per heavy atom. The maximum Gasteiger partial charge on any atom is 0.222 e. The molecule has 0 aliphatic carbocycles. The Morgan fingerprint density at radius 3 is 2.79 bits per heavy atom. The van der Waals surface area contributed by atoms with Crippen LogP contribution < -0.4 is 5.32 Å². The zero-order valence-electron chi connectivity index (χ0n) is 14.2. The van der Waals surface area contributed by atoms with Crippen LogP contribution in [0.1, 0.15) is 37.6 Å². The number of amides is 1. The van der Waals surface area contributed by atoms with Crippen molar-refractivity contribution in [3.63, 3.8) is 0 Å². The second-order valence-electron chi connectivity index (χ2n) is 6.29. The number of furan rings is 1. The van der Waals surface area contributed by atoms with Crippen LogP contribution >= 0.6 is 0 Å². The van der Waals surface area contributed by atoms with Crippen molar-refractivity contribution in [1.29, 1.82) is 0 Å². The minimum Gasteiger partial charge on any atom is -0.459 e. The van der Waals surface area contributed by atoms with Gasteiger partial charge in [0.1, 0.15) is 24.0 Å². The molecule has 0 spiro atoms. The fourth-order valence-electron chi connectivity index (χ4n) is 2.83. The average molecular weight is 326 g/mol. The summed E-state index contributed by atoms with van der Waals surface area (Å²) in [5, 5.41) is 8.21. The number of nitrogens with zero attached hydrogens (tertiary/aromatic N) is 3. The molecule has 0 saturated carbocycles. The van der Waals surface area contributed by atoms with Gasteiger partial charge in [-0.2, -0.15) is 5.10 Å². The first-order chi connectivity index (χ1) is 11.6. The Kier molecular flexibility index (Phi) is 4.64. The molecular formula is C18H22N4O2. The smallest absolute Gasteiger partial charge is 0.222 e. The molecule has 0 saturated heterocycles. The fraction of sp³-hybridized carbons (Fsp3) is 0.389. The summed E-state index contributed by atoms with van der Waals surface area (Å²) in [6.07, 6.45) is 3.43. The van der Waals surface area contributed by atoms with E-state index in [0.29, 0.717) is 13.0 Å². The Balaban J connectivity index is 1.76. The van der Waals surface area contributed by atoms with Crippen molar-refractivity contribution in [1.82, 2.24) is 20.1 Å². The van der Waals surface area contributed by atoms with Crippen molar-refractivity contribution >= 4 is 16.9 Å². The van der Waals surface area contributed by atoms with Gasteiger partial charge in [0.05, 0.1) is 12.6 Å². The molecule has 3 rings (SSSR count). The van der Waals surface area contributed by atoms with Gasteiger partial charge in [0.25, 0.3) is 0 Å². The molecule has 0 radical (unpaired) electrons. The molecule has 3 aromatic rings. The molecule has 0 aliphatic heterocycles. The van der Waals surface area contributed by atoms with Gasteiger partial charge in [0.15, 0.2) is 0 Å². The van der Waals surface area contributed by atoms with E-state index in [2.05, 4.69) is 29.2 Å². The lowest BCUT2D eigenvalue weighted by Gasteiger charge is -2.21. The Bertz CT molecular complexity index is 821. The molecule has 126 valence electrons. The van der Waals surface area contributed by atoms with Gasteiger partial charge < -0.3 is 9.73 Å². The molecule has 1 amide bonds. The van der Waals surface area contributed by atoms with Crippen LogP contribution in [0.2, 0.25) is 0 Å². The van der Waals surface area contributed by atoms with E-state index in [0.717, 1.165) is 22.3 Å². The highest BCUT2D eigenvalue weighted by Gasteiger charge is 2.24. The molecule has 2 heterocycles. The highest BCUT2D eigenvalue weighted by Crippen LogP contribution is 2.32. The minimum absolute atomic E-state index is 0.0240. The van der Waals surface area contributed by atoms with Gasteiger partial charge in [-0.25, -0.2) is 4.98 Å². The number of rotatable bonds is 6. The summed E-state index contributed by atoms with van der Waals surface area (Å²) in [4.78, 5) is 16.2. The number of carbonyl (C=O) groups excluding carboxylic acids is 1. The summed E-state index contributed by atoms with van der Waals surface area (Å²) in [7, 11) is 0. The third kappa shape index (κ3) is 3.32. The Labute approximate surface area is 140 Å². The molecule has 1 atom stereocenters. The average Bonchev–Trinajstić information content (AvgIpc) is 3.19. The standard InChI is InChI=1S/C18H22N4O2/c1-12(2)17(21-16(23)8-9-22-11-19-10-20-22)18-13(3)14-6-4-5-7-15(14)24-18/h4-7,10-12,17H,8-9H2,1-3H3,(H,21,23)/t17-/m1/s1. The third-order valence-electron chi connectivity index (χ3n) is 4.18. The fourth-order valence-corrected chi connectivity index (χ4v) is 2.83. The molecule has 0 bridgehead atoms. The summed E-state index contributed by atoms with van der Waals surface area (Å²) >= 11 is 0. The van der Waals surface area contributed by atoms with Gasteiger partial charge in [-0.15, -0.1) is 0 Å². The van der Waals surface area contributed by atoms with E-state index in [4.69, 9.17) is 4.42 Å². The molecule has 6 nitrogen and oxygen atoms in total.